The lowest BCUT2D eigenvalue weighted by Crippen LogP contribution is -2.42. The number of halogens is 7. The van der Waals surface area contributed by atoms with E-state index in [2.05, 4.69) is 15.2 Å². The molecular formula is C14H10Cl4F3N3O2. The maximum Gasteiger partial charge on any atom is 0.490 e. The number of aromatic amines is 1. The second-order valence-electron chi connectivity index (χ2n) is 5.27. The van der Waals surface area contributed by atoms with Crippen molar-refractivity contribution in [1.82, 2.24) is 15.2 Å². The Labute approximate surface area is 165 Å². The fourth-order valence-electron chi connectivity index (χ4n) is 2.29. The van der Waals surface area contributed by atoms with Gasteiger partial charge in [-0.25, -0.2) is 9.78 Å². The Hall–Kier alpha value is -1.22. The molecule has 12 heteroatoms. The first-order valence-electron chi connectivity index (χ1n) is 6.89. The number of nitrogens with one attached hydrogen (secondary N) is 1. The van der Waals surface area contributed by atoms with Crippen LogP contribution in [0.1, 0.15) is 17.8 Å². The fourth-order valence-corrected chi connectivity index (χ4v) is 3.06. The molecule has 1 aromatic carbocycles. The van der Waals surface area contributed by atoms with E-state index >= 15 is 0 Å². The molecular weight excluding hydrogens is 441 g/mol. The molecule has 0 aliphatic rings. The van der Waals surface area contributed by atoms with Gasteiger partial charge >= 0.3 is 12.1 Å². The monoisotopic (exact) mass is 449 g/mol. The van der Waals surface area contributed by atoms with Gasteiger partial charge in [-0.1, -0.05) is 58.5 Å². The van der Waals surface area contributed by atoms with Crippen LogP contribution in [-0.4, -0.2) is 31.1 Å². The van der Waals surface area contributed by atoms with Crippen LogP contribution in [0.2, 0.25) is 5.02 Å². The number of rotatable bonds is 5. The zero-order valence-electron chi connectivity index (χ0n) is 12.7. The predicted molar refractivity (Wildman–Crippen MR) is 90.3 cm³/mol. The van der Waals surface area contributed by atoms with Crippen molar-refractivity contribution < 1.29 is 22.7 Å². The number of alkyl halides is 6. The van der Waals surface area contributed by atoms with Gasteiger partial charge in [0, 0.05) is 11.4 Å². The quantitative estimate of drug-likeness (QED) is 0.526. The number of hydrogen-bond donors (Lipinski definition) is 1. The van der Waals surface area contributed by atoms with E-state index in [1.807, 2.05) is 0 Å². The van der Waals surface area contributed by atoms with Gasteiger partial charge in [0.15, 0.2) is 9.62 Å². The molecule has 142 valence electrons. The number of carbonyl (C=O) groups is 1. The summed E-state index contributed by atoms with van der Waals surface area (Å²) in [5.41, 5.74) is -1.86. The molecule has 0 fully saturated rings. The lowest BCUT2D eigenvalue weighted by Gasteiger charge is -2.35. The molecule has 2 rings (SSSR count). The Morgan fingerprint density at radius 1 is 1.15 bits per heavy atom. The average Bonchev–Trinajstić information content (AvgIpc) is 2.97. The highest BCUT2D eigenvalue weighted by Gasteiger charge is 2.50. The van der Waals surface area contributed by atoms with E-state index in [1.165, 1.54) is 30.6 Å². The van der Waals surface area contributed by atoms with Crippen LogP contribution in [0.5, 0.6) is 0 Å². The molecule has 0 bridgehead atoms. The third kappa shape index (κ3) is 5.64. The first-order valence-corrected chi connectivity index (χ1v) is 8.40. The summed E-state index contributed by atoms with van der Waals surface area (Å²) in [5, 5.41) is 6.51. The van der Waals surface area contributed by atoms with Gasteiger partial charge in [0.05, 0.1) is 6.42 Å². The zero-order chi connectivity index (χ0) is 19.6. The van der Waals surface area contributed by atoms with Crippen molar-refractivity contribution in [3.05, 3.63) is 47.0 Å². The van der Waals surface area contributed by atoms with Crippen molar-refractivity contribution >= 4 is 52.4 Å². The molecule has 26 heavy (non-hydrogen) atoms. The number of ether oxygens (including phenoxy) is 1. The minimum atomic E-state index is -5.25. The zero-order valence-corrected chi connectivity index (χ0v) is 15.7. The van der Waals surface area contributed by atoms with Crippen molar-refractivity contribution in [3.63, 3.8) is 0 Å². The number of esters is 1. The molecule has 1 N–H and O–H groups in total. The Bertz CT molecular complexity index is 748. The van der Waals surface area contributed by atoms with Crippen LogP contribution >= 0.6 is 46.4 Å². The maximum absolute atomic E-state index is 12.8. The highest BCUT2D eigenvalue weighted by atomic mass is 35.6. The first-order chi connectivity index (χ1) is 11.9. The van der Waals surface area contributed by atoms with E-state index in [0.717, 1.165) is 0 Å². The van der Waals surface area contributed by atoms with Crippen molar-refractivity contribution in [2.75, 3.05) is 0 Å². The first kappa shape index (κ1) is 21.1. The predicted octanol–water partition coefficient (Wildman–Crippen LogP) is 4.76. The van der Waals surface area contributed by atoms with E-state index in [0.29, 0.717) is 5.02 Å². The van der Waals surface area contributed by atoms with Crippen LogP contribution in [0.3, 0.4) is 0 Å². The van der Waals surface area contributed by atoms with Gasteiger partial charge in [-0.15, -0.1) is 0 Å². The highest BCUT2D eigenvalue weighted by Crippen LogP contribution is 2.45. The minimum Gasteiger partial charge on any atom is -0.447 e. The smallest absolute Gasteiger partial charge is 0.447 e. The Kier molecular flexibility index (Phi) is 6.32. The van der Waals surface area contributed by atoms with Gasteiger partial charge in [-0.2, -0.15) is 18.3 Å². The molecule has 0 aliphatic heterocycles. The lowest BCUT2D eigenvalue weighted by atomic mass is 9.87. The van der Waals surface area contributed by atoms with Crippen LogP contribution in [0.25, 0.3) is 0 Å². The fraction of sp³-hybridized carbons (Fsp3) is 0.357. The average molecular weight is 451 g/mol. The van der Waals surface area contributed by atoms with Gasteiger partial charge in [0.25, 0.3) is 0 Å². The Morgan fingerprint density at radius 2 is 1.77 bits per heavy atom. The molecule has 1 atom stereocenters. The number of benzene rings is 1. The molecule has 0 aliphatic carbocycles. The normalized spacial score (nSPS) is 14.7. The summed E-state index contributed by atoms with van der Waals surface area (Å²) in [4.78, 5) is 15.4. The summed E-state index contributed by atoms with van der Waals surface area (Å²) in [6, 6.07) is 5.55. The van der Waals surface area contributed by atoms with E-state index in [4.69, 9.17) is 51.1 Å². The number of nitrogens with zero attached hydrogens (tertiary/aromatic N) is 2. The molecule has 1 aromatic heterocycles. The summed E-state index contributed by atoms with van der Waals surface area (Å²) in [6.07, 6.45) is -4.98. The topological polar surface area (TPSA) is 67.9 Å². The summed E-state index contributed by atoms with van der Waals surface area (Å²) in [5.74, 6) is -2.37. The molecule has 0 amide bonds. The maximum atomic E-state index is 12.8. The van der Waals surface area contributed by atoms with Crippen LogP contribution in [0, 0.1) is 0 Å². The number of hydrogen-bond acceptors (Lipinski definition) is 4. The number of aromatic nitrogens is 3. The van der Waals surface area contributed by atoms with Crippen molar-refractivity contribution in [1.29, 1.82) is 0 Å². The van der Waals surface area contributed by atoms with Crippen molar-refractivity contribution in [2.24, 2.45) is 0 Å². The van der Waals surface area contributed by atoms with Crippen LogP contribution in [-0.2, 0) is 21.6 Å². The van der Waals surface area contributed by atoms with E-state index in [-0.39, 0.29) is 17.8 Å². The van der Waals surface area contributed by atoms with E-state index in [1.54, 1.807) is 0 Å². The van der Waals surface area contributed by atoms with Gasteiger partial charge in [-0.3, -0.25) is 5.10 Å². The molecule has 2 aromatic rings. The molecule has 0 radical (unpaired) electrons. The standard InChI is InChI=1S/C14H10Cl4F3N3O2/c15-9-3-1-8(2-4-9)12(6-13(16,17)18,5-10-22-7-23-24-10)26-11(25)14(19,20)21/h1-4,7H,5-6H2,(H,22,23,24). The molecule has 0 spiro atoms. The second kappa shape index (κ2) is 7.80. The number of H-pyrrole nitrogens is 1. The van der Waals surface area contributed by atoms with Gasteiger partial charge in [0.1, 0.15) is 11.9 Å². The van der Waals surface area contributed by atoms with Crippen molar-refractivity contribution in [2.45, 2.75) is 28.4 Å². The SMILES string of the molecule is O=C(OC(Cc1nc[nH]n1)(CC(Cl)(Cl)Cl)c1ccc(Cl)cc1)C(F)(F)F. The highest BCUT2D eigenvalue weighted by molar-refractivity contribution is 6.67. The summed E-state index contributed by atoms with van der Waals surface area (Å²) >= 11 is 23.3. The summed E-state index contributed by atoms with van der Waals surface area (Å²) in [6.45, 7) is 0. The summed E-state index contributed by atoms with van der Waals surface area (Å²) in [7, 11) is 0. The second-order valence-corrected chi connectivity index (χ2v) is 8.23. The van der Waals surface area contributed by atoms with Gasteiger partial charge < -0.3 is 4.74 Å². The van der Waals surface area contributed by atoms with Crippen LogP contribution < -0.4 is 0 Å². The van der Waals surface area contributed by atoms with Gasteiger partial charge in [-0.05, 0) is 17.7 Å². The molecule has 1 unspecified atom stereocenters. The minimum absolute atomic E-state index is 0.0594. The lowest BCUT2D eigenvalue weighted by molar-refractivity contribution is -0.216. The molecule has 0 saturated carbocycles. The largest absolute Gasteiger partial charge is 0.490 e. The van der Waals surface area contributed by atoms with E-state index in [9.17, 15) is 18.0 Å². The molecule has 1 heterocycles. The van der Waals surface area contributed by atoms with Crippen molar-refractivity contribution in [3.8, 4) is 0 Å². The summed E-state index contributed by atoms with van der Waals surface area (Å²) < 4.78 is 41.3. The van der Waals surface area contributed by atoms with Gasteiger partial charge in [0.2, 0.25) is 0 Å². The Balaban J connectivity index is 2.56. The van der Waals surface area contributed by atoms with Crippen LogP contribution in [0.15, 0.2) is 30.6 Å². The molecule has 0 saturated heterocycles. The van der Waals surface area contributed by atoms with Crippen LogP contribution in [0.4, 0.5) is 13.2 Å². The molecule has 5 nitrogen and oxygen atoms in total. The number of carbonyl (C=O) groups excluding carboxylic acids is 1. The Morgan fingerprint density at radius 3 is 2.23 bits per heavy atom. The third-order valence-corrected chi connectivity index (χ3v) is 3.94. The third-order valence-electron chi connectivity index (χ3n) is 3.28. The van der Waals surface area contributed by atoms with E-state index < -0.39 is 28.0 Å².